The van der Waals surface area contributed by atoms with Crippen molar-refractivity contribution >= 4 is 22.6 Å². The summed E-state index contributed by atoms with van der Waals surface area (Å²) in [6.45, 7) is 2.27. The van der Waals surface area contributed by atoms with Crippen molar-refractivity contribution in [1.82, 2.24) is 14.1 Å². The summed E-state index contributed by atoms with van der Waals surface area (Å²) >= 11 is 0. The standard InChI is InChI=1S/C25H26N4O5/c1-5-28-15-26-22-18(16-9-7-6-8-10-16)13-29(23(22)25(28)31)14-21(30)27-17-11-19(32-2)24(34-4)20(12-17)33-3/h6-13,15H,5,14H2,1-4H3,(H,27,30). The molecule has 0 aliphatic carbocycles. The maximum Gasteiger partial charge on any atom is 0.277 e. The van der Waals surface area contributed by atoms with Gasteiger partial charge < -0.3 is 24.1 Å². The molecule has 4 aromatic rings. The molecule has 0 fully saturated rings. The number of ether oxygens (including phenoxy) is 3. The second kappa shape index (κ2) is 9.70. The van der Waals surface area contributed by atoms with Crippen molar-refractivity contribution in [3.63, 3.8) is 0 Å². The molecule has 2 aromatic carbocycles. The summed E-state index contributed by atoms with van der Waals surface area (Å²) in [6, 6.07) is 12.9. The number of anilines is 1. The van der Waals surface area contributed by atoms with E-state index in [2.05, 4.69) is 10.3 Å². The summed E-state index contributed by atoms with van der Waals surface area (Å²) in [7, 11) is 4.52. The first kappa shape index (κ1) is 22.9. The summed E-state index contributed by atoms with van der Waals surface area (Å²) in [6.07, 6.45) is 3.33. The average molecular weight is 463 g/mol. The fourth-order valence-electron chi connectivity index (χ4n) is 3.90. The lowest BCUT2D eigenvalue weighted by atomic mass is 10.1. The number of methoxy groups -OCH3 is 3. The zero-order chi connectivity index (χ0) is 24.2. The Bertz CT molecular complexity index is 1370. The molecule has 0 unspecified atom stereocenters. The molecule has 4 rings (SSSR count). The van der Waals surface area contributed by atoms with Crippen LogP contribution in [0.2, 0.25) is 0 Å². The number of aromatic nitrogens is 3. The SMILES string of the molecule is CCn1cnc2c(-c3ccccc3)cn(CC(=O)Nc3cc(OC)c(OC)c(OC)c3)c2c1=O. The van der Waals surface area contributed by atoms with Crippen LogP contribution in [0.15, 0.2) is 59.8 Å². The topological polar surface area (TPSA) is 96.6 Å². The third-order valence-electron chi connectivity index (χ3n) is 5.53. The van der Waals surface area contributed by atoms with Gasteiger partial charge in [-0.3, -0.25) is 14.2 Å². The van der Waals surface area contributed by atoms with Crippen molar-refractivity contribution in [2.45, 2.75) is 20.0 Å². The molecule has 2 aromatic heterocycles. The number of carbonyl (C=O) groups is 1. The molecule has 9 heteroatoms. The minimum atomic E-state index is -0.322. The quantitative estimate of drug-likeness (QED) is 0.430. The maximum atomic E-state index is 13.1. The van der Waals surface area contributed by atoms with Crippen LogP contribution in [0.5, 0.6) is 17.2 Å². The number of hydrogen-bond acceptors (Lipinski definition) is 6. The first-order valence-corrected chi connectivity index (χ1v) is 10.7. The summed E-state index contributed by atoms with van der Waals surface area (Å²) in [5.41, 5.74) is 2.91. The first-order chi connectivity index (χ1) is 16.5. The van der Waals surface area contributed by atoms with Gasteiger partial charge in [0.2, 0.25) is 11.7 Å². The third kappa shape index (κ3) is 4.19. The fourth-order valence-corrected chi connectivity index (χ4v) is 3.90. The van der Waals surface area contributed by atoms with E-state index in [1.807, 2.05) is 37.3 Å². The van der Waals surface area contributed by atoms with E-state index in [9.17, 15) is 9.59 Å². The number of rotatable bonds is 8. The molecule has 0 atom stereocenters. The van der Waals surface area contributed by atoms with Crippen LogP contribution in [-0.4, -0.2) is 41.4 Å². The number of hydrogen-bond donors (Lipinski definition) is 1. The Balaban J connectivity index is 1.72. The summed E-state index contributed by atoms with van der Waals surface area (Å²) in [5, 5.41) is 2.85. The summed E-state index contributed by atoms with van der Waals surface area (Å²) in [4.78, 5) is 30.7. The Morgan fingerprint density at radius 1 is 1.00 bits per heavy atom. The van der Waals surface area contributed by atoms with E-state index in [0.29, 0.717) is 40.5 Å². The molecule has 9 nitrogen and oxygen atoms in total. The van der Waals surface area contributed by atoms with Crippen molar-refractivity contribution in [1.29, 1.82) is 0 Å². The van der Waals surface area contributed by atoms with Crippen LogP contribution in [0.1, 0.15) is 6.92 Å². The molecule has 0 saturated carbocycles. The molecule has 1 N–H and O–H groups in total. The van der Waals surface area contributed by atoms with Crippen LogP contribution >= 0.6 is 0 Å². The van der Waals surface area contributed by atoms with Crippen LogP contribution < -0.4 is 25.1 Å². The van der Waals surface area contributed by atoms with Crippen molar-refractivity contribution < 1.29 is 19.0 Å². The molecule has 0 radical (unpaired) electrons. The molecule has 34 heavy (non-hydrogen) atoms. The number of benzene rings is 2. The van der Waals surface area contributed by atoms with Gasteiger partial charge in [-0.05, 0) is 12.5 Å². The number of nitrogens with zero attached hydrogens (tertiary/aromatic N) is 3. The van der Waals surface area contributed by atoms with Gasteiger partial charge in [0, 0.05) is 36.1 Å². The van der Waals surface area contributed by atoms with E-state index in [1.165, 1.54) is 32.2 Å². The lowest BCUT2D eigenvalue weighted by Crippen LogP contribution is -2.24. The van der Waals surface area contributed by atoms with Crippen LogP contribution in [0, 0.1) is 0 Å². The summed E-state index contributed by atoms with van der Waals surface area (Å²) in [5.74, 6) is 0.949. The van der Waals surface area contributed by atoms with Crippen LogP contribution in [0.4, 0.5) is 5.69 Å². The van der Waals surface area contributed by atoms with Gasteiger partial charge in [-0.2, -0.15) is 0 Å². The highest BCUT2D eigenvalue weighted by Gasteiger charge is 2.19. The maximum absolute atomic E-state index is 13.1. The number of fused-ring (bicyclic) bond motifs is 1. The highest BCUT2D eigenvalue weighted by molar-refractivity contribution is 5.96. The molecule has 0 bridgehead atoms. The van der Waals surface area contributed by atoms with Crippen molar-refractivity contribution in [2.75, 3.05) is 26.6 Å². The predicted molar refractivity (Wildman–Crippen MR) is 130 cm³/mol. The van der Waals surface area contributed by atoms with Crippen LogP contribution in [0.3, 0.4) is 0 Å². The normalized spacial score (nSPS) is 10.8. The Hall–Kier alpha value is -4.27. The third-order valence-corrected chi connectivity index (χ3v) is 5.53. The molecular weight excluding hydrogens is 436 g/mol. The molecule has 2 heterocycles. The van der Waals surface area contributed by atoms with Crippen LogP contribution in [0.25, 0.3) is 22.2 Å². The van der Waals surface area contributed by atoms with Crippen molar-refractivity contribution in [3.05, 3.63) is 65.3 Å². The lowest BCUT2D eigenvalue weighted by Gasteiger charge is -2.15. The highest BCUT2D eigenvalue weighted by Crippen LogP contribution is 2.40. The molecule has 176 valence electrons. The van der Waals surface area contributed by atoms with Gasteiger partial charge in [-0.15, -0.1) is 0 Å². The average Bonchev–Trinajstić information content (AvgIpc) is 3.22. The van der Waals surface area contributed by atoms with Gasteiger partial charge in [-0.25, -0.2) is 4.98 Å². The van der Waals surface area contributed by atoms with E-state index < -0.39 is 0 Å². The van der Waals surface area contributed by atoms with E-state index in [-0.39, 0.29) is 18.0 Å². The van der Waals surface area contributed by atoms with Gasteiger partial charge in [0.25, 0.3) is 5.56 Å². The molecular formula is C25H26N4O5. The van der Waals surface area contributed by atoms with E-state index in [1.54, 1.807) is 22.9 Å². The number of aryl methyl sites for hydroxylation is 1. The minimum Gasteiger partial charge on any atom is -0.493 e. The number of carbonyl (C=O) groups excluding carboxylic acids is 1. The second-order valence-electron chi connectivity index (χ2n) is 7.53. The Morgan fingerprint density at radius 3 is 2.26 bits per heavy atom. The Kier molecular flexibility index (Phi) is 6.53. The van der Waals surface area contributed by atoms with Gasteiger partial charge in [0.1, 0.15) is 17.6 Å². The monoisotopic (exact) mass is 462 g/mol. The number of nitrogens with one attached hydrogen (secondary N) is 1. The van der Waals surface area contributed by atoms with Crippen molar-refractivity contribution in [2.24, 2.45) is 0 Å². The summed E-state index contributed by atoms with van der Waals surface area (Å²) < 4.78 is 19.2. The van der Waals surface area contributed by atoms with Crippen LogP contribution in [-0.2, 0) is 17.9 Å². The second-order valence-corrected chi connectivity index (χ2v) is 7.53. The van der Waals surface area contributed by atoms with Gasteiger partial charge in [0.05, 0.1) is 27.7 Å². The minimum absolute atomic E-state index is 0.0787. The highest BCUT2D eigenvalue weighted by atomic mass is 16.5. The predicted octanol–water partition coefficient (Wildman–Crippen LogP) is 3.55. The fraction of sp³-hybridized carbons (Fsp3) is 0.240. The molecule has 0 spiro atoms. The Labute approximate surface area is 196 Å². The van der Waals surface area contributed by atoms with E-state index in [4.69, 9.17) is 14.2 Å². The zero-order valence-electron chi connectivity index (χ0n) is 19.5. The van der Waals surface area contributed by atoms with Gasteiger partial charge >= 0.3 is 0 Å². The van der Waals surface area contributed by atoms with Gasteiger partial charge in [-0.1, -0.05) is 30.3 Å². The van der Waals surface area contributed by atoms with Gasteiger partial charge in [0.15, 0.2) is 11.5 Å². The smallest absolute Gasteiger partial charge is 0.277 e. The Morgan fingerprint density at radius 2 is 1.68 bits per heavy atom. The first-order valence-electron chi connectivity index (χ1n) is 10.7. The molecule has 0 aliphatic rings. The van der Waals surface area contributed by atoms with Crippen molar-refractivity contribution in [3.8, 4) is 28.4 Å². The molecule has 0 aliphatic heterocycles. The zero-order valence-corrected chi connectivity index (χ0v) is 19.5. The number of amides is 1. The largest absolute Gasteiger partial charge is 0.493 e. The van der Waals surface area contributed by atoms with E-state index in [0.717, 1.165) is 11.1 Å². The lowest BCUT2D eigenvalue weighted by molar-refractivity contribution is -0.116. The molecule has 1 amide bonds. The van der Waals surface area contributed by atoms with E-state index >= 15 is 0 Å². The molecule has 0 saturated heterocycles.